The lowest BCUT2D eigenvalue weighted by atomic mass is 10.1. The summed E-state index contributed by atoms with van der Waals surface area (Å²) in [5, 5.41) is 18.9. The molecule has 0 N–H and O–H groups in total. The van der Waals surface area contributed by atoms with Crippen molar-refractivity contribution in [1.29, 1.82) is 10.5 Å². The first-order valence-corrected chi connectivity index (χ1v) is 15.5. The van der Waals surface area contributed by atoms with E-state index in [0.29, 0.717) is 47.9 Å². The molecule has 0 saturated heterocycles. The Hall–Kier alpha value is -6.88. The van der Waals surface area contributed by atoms with Gasteiger partial charge in [-0.1, -0.05) is 36.8 Å². The molecule has 0 aliphatic heterocycles. The second-order valence-electron chi connectivity index (χ2n) is 10.3. The van der Waals surface area contributed by atoms with Gasteiger partial charge in [0.25, 0.3) is 0 Å². The molecule has 0 heterocycles. The molecule has 10 heteroatoms. The summed E-state index contributed by atoms with van der Waals surface area (Å²) in [6.07, 6.45) is 4.14. The zero-order chi connectivity index (χ0) is 36.1. The first-order valence-electron chi connectivity index (χ1n) is 15.5. The minimum atomic E-state index is -0.526. The van der Waals surface area contributed by atoms with Gasteiger partial charge in [0.05, 0.1) is 24.3 Å². The molecule has 3 rings (SSSR count). The molecular weight excluding hydrogens is 636 g/mol. The van der Waals surface area contributed by atoms with E-state index < -0.39 is 23.9 Å². The Bertz CT molecular complexity index is 1820. The van der Waals surface area contributed by atoms with Crippen LogP contribution in [0.15, 0.2) is 86.0 Å². The molecule has 0 aliphatic rings. The topological polar surface area (TPSA) is 153 Å². The lowest BCUT2D eigenvalue weighted by Gasteiger charge is -2.07. The number of hydrogen-bond acceptors (Lipinski definition) is 10. The molecule has 50 heavy (non-hydrogen) atoms. The fourth-order valence-electron chi connectivity index (χ4n) is 4.03. The summed E-state index contributed by atoms with van der Waals surface area (Å²) in [4.78, 5) is 46.8. The van der Waals surface area contributed by atoms with Crippen LogP contribution < -0.4 is 9.47 Å². The summed E-state index contributed by atoms with van der Waals surface area (Å²) >= 11 is 0. The molecule has 250 valence electrons. The van der Waals surface area contributed by atoms with Crippen molar-refractivity contribution < 1.29 is 38.1 Å². The van der Waals surface area contributed by atoms with Crippen molar-refractivity contribution in [2.24, 2.45) is 0 Å². The van der Waals surface area contributed by atoms with Crippen LogP contribution in [0.3, 0.4) is 0 Å². The van der Waals surface area contributed by atoms with Crippen molar-refractivity contribution in [1.82, 2.24) is 0 Å². The number of benzene rings is 3. The Balaban J connectivity index is 1.59. The highest BCUT2D eigenvalue weighted by Gasteiger charge is 2.12. The largest absolute Gasteiger partial charge is 0.463 e. The first kappa shape index (κ1) is 37.6. The second kappa shape index (κ2) is 20.4. The Morgan fingerprint density at radius 3 is 1.28 bits per heavy atom. The van der Waals surface area contributed by atoms with E-state index in [9.17, 15) is 29.7 Å². The smallest absolute Gasteiger partial charge is 0.330 e. The molecule has 0 fully saturated rings. The highest BCUT2D eigenvalue weighted by Crippen LogP contribution is 2.22. The van der Waals surface area contributed by atoms with Gasteiger partial charge in [-0.15, -0.1) is 0 Å². The third-order valence-electron chi connectivity index (χ3n) is 6.61. The average molecular weight is 669 g/mol. The van der Waals surface area contributed by atoms with Crippen LogP contribution in [0.4, 0.5) is 0 Å². The maximum Gasteiger partial charge on any atom is 0.330 e. The second-order valence-corrected chi connectivity index (χ2v) is 10.3. The number of nitriles is 2. The summed E-state index contributed by atoms with van der Waals surface area (Å²) in [7, 11) is 0. The van der Waals surface area contributed by atoms with Gasteiger partial charge in [0.1, 0.15) is 23.6 Å². The van der Waals surface area contributed by atoms with Crippen molar-refractivity contribution >= 4 is 23.9 Å². The molecule has 3 aromatic carbocycles. The summed E-state index contributed by atoms with van der Waals surface area (Å²) in [5.41, 5.74) is 2.86. The van der Waals surface area contributed by atoms with Gasteiger partial charge in [-0.25, -0.2) is 9.59 Å². The molecule has 0 spiro atoms. The Morgan fingerprint density at radius 2 is 0.920 bits per heavy atom. The molecular formula is C40H32N2O8. The molecule has 0 bridgehead atoms. The standard InChI is InChI=1S/C40H32N2O8/c1-3-37(43)47-23-7-5-9-39(45)49-35-25-31(19-21-33(35)27-41)17-15-29-11-13-30(14-12-29)16-18-32-20-22-34(28-42)36(26-32)50-40(46)10-6-8-24-48-38(44)4-2/h3-4,11-14,19-22,25-26H,1-2,5-10,23-24H2. The van der Waals surface area contributed by atoms with Crippen molar-refractivity contribution in [3.63, 3.8) is 0 Å². The Morgan fingerprint density at radius 1 is 0.560 bits per heavy atom. The van der Waals surface area contributed by atoms with E-state index in [1.54, 1.807) is 36.4 Å². The van der Waals surface area contributed by atoms with E-state index in [1.165, 1.54) is 24.3 Å². The summed E-state index contributed by atoms with van der Waals surface area (Å²) in [5.74, 6) is 10.2. The summed E-state index contributed by atoms with van der Waals surface area (Å²) < 4.78 is 20.6. The predicted octanol–water partition coefficient (Wildman–Crippen LogP) is 5.84. The van der Waals surface area contributed by atoms with Gasteiger partial charge in [0.2, 0.25) is 0 Å². The first-order chi connectivity index (χ1) is 24.2. The molecule has 0 atom stereocenters. The van der Waals surface area contributed by atoms with Gasteiger partial charge >= 0.3 is 23.9 Å². The zero-order valence-corrected chi connectivity index (χ0v) is 27.2. The highest BCUT2D eigenvalue weighted by molar-refractivity contribution is 5.81. The van der Waals surface area contributed by atoms with Crippen LogP contribution in [-0.4, -0.2) is 37.1 Å². The third-order valence-corrected chi connectivity index (χ3v) is 6.61. The normalized spacial score (nSPS) is 9.56. The highest BCUT2D eigenvalue weighted by atomic mass is 16.5. The Labute approximate surface area is 290 Å². The van der Waals surface area contributed by atoms with E-state index in [-0.39, 0.29) is 48.7 Å². The number of nitrogens with zero attached hydrogens (tertiary/aromatic N) is 2. The molecule has 3 aromatic rings. The number of ether oxygens (including phenoxy) is 4. The number of hydrogen-bond donors (Lipinski definition) is 0. The van der Waals surface area contributed by atoms with Crippen molar-refractivity contribution in [3.8, 4) is 47.3 Å². The minimum absolute atomic E-state index is 0.0840. The maximum absolute atomic E-state index is 12.3. The quantitative estimate of drug-likeness (QED) is 0.0673. The zero-order valence-electron chi connectivity index (χ0n) is 27.2. The molecule has 0 unspecified atom stereocenters. The lowest BCUT2D eigenvalue weighted by Crippen LogP contribution is -2.10. The fourth-order valence-corrected chi connectivity index (χ4v) is 4.03. The van der Waals surface area contributed by atoms with Gasteiger partial charge < -0.3 is 18.9 Å². The maximum atomic E-state index is 12.3. The van der Waals surface area contributed by atoms with Crippen LogP contribution in [0.2, 0.25) is 0 Å². The van der Waals surface area contributed by atoms with Crippen molar-refractivity contribution in [3.05, 3.63) is 119 Å². The van der Waals surface area contributed by atoms with Gasteiger partial charge in [-0.3, -0.25) is 9.59 Å². The monoisotopic (exact) mass is 668 g/mol. The number of rotatable bonds is 14. The molecule has 0 radical (unpaired) electrons. The third kappa shape index (κ3) is 13.1. The van der Waals surface area contributed by atoms with Crippen LogP contribution in [0, 0.1) is 46.3 Å². The van der Waals surface area contributed by atoms with E-state index in [4.69, 9.17) is 18.9 Å². The molecule has 0 amide bonds. The number of esters is 4. The van der Waals surface area contributed by atoms with Crippen LogP contribution in [-0.2, 0) is 28.7 Å². The SMILES string of the molecule is C=CC(=O)OCCCCC(=O)Oc1cc(C#Cc2ccc(C#Cc3ccc(C#N)c(OC(=O)CCCCOC(=O)C=C)c3)cc2)ccc1C#N. The van der Waals surface area contributed by atoms with E-state index in [1.807, 2.05) is 12.1 Å². The van der Waals surface area contributed by atoms with E-state index in [0.717, 1.165) is 12.2 Å². The summed E-state index contributed by atoms with van der Waals surface area (Å²) in [6, 6.07) is 20.6. The van der Waals surface area contributed by atoms with Crippen LogP contribution in [0.5, 0.6) is 11.5 Å². The van der Waals surface area contributed by atoms with Crippen LogP contribution in [0.1, 0.15) is 71.9 Å². The van der Waals surface area contributed by atoms with Gasteiger partial charge in [0, 0.05) is 47.2 Å². The van der Waals surface area contributed by atoms with Gasteiger partial charge in [0.15, 0.2) is 0 Å². The molecule has 0 aromatic heterocycles. The van der Waals surface area contributed by atoms with Crippen molar-refractivity contribution in [2.75, 3.05) is 13.2 Å². The summed E-state index contributed by atoms with van der Waals surface area (Å²) in [6.45, 7) is 6.97. The van der Waals surface area contributed by atoms with Crippen LogP contribution in [0.25, 0.3) is 0 Å². The van der Waals surface area contributed by atoms with Crippen molar-refractivity contribution in [2.45, 2.75) is 38.5 Å². The lowest BCUT2D eigenvalue weighted by molar-refractivity contribution is -0.139. The van der Waals surface area contributed by atoms with Gasteiger partial charge in [-0.05, 0) is 86.3 Å². The van der Waals surface area contributed by atoms with E-state index >= 15 is 0 Å². The van der Waals surface area contributed by atoms with Crippen LogP contribution >= 0.6 is 0 Å². The minimum Gasteiger partial charge on any atom is -0.463 e. The molecule has 0 aliphatic carbocycles. The number of unbranched alkanes of at least 4 members (excludes halogenated alkanes) is 2. The van der Waals surface area contributed by atoms with E-state index in [2.05, 4.69) is 36.8 Å². The fraction of sp³-hybridized carbons (Fsp3) is 0.200. The average Bonchev–Trinajstić information content (AvgIpc) is 3.13. The Kier molecular flexibility index (Phi) is 15.3. The predicted molar refractivity (Wildman–Crippen MR) is 182 cm³/mol. The number of carbonyl (C=O) groups is 4. The molecule has 10 nitrogen and oxygen atoms in total. The molecule has 0 saturated carbocycles. The van der Waals surface area contributed by atoms with Gasteiger partial charge in [-0.2, -0.15) is 10.5 Å². The number of carbonyl (C=O) groups excluding carboxylic acids is 4.